The molecular weight excluding hydrogens is 561 g/mol. The van der Waals surface area contributed by atoms with Gasteiger partial charge in [0, 0.05) is 59.3 Å². The number of nitrogens with zero attached hydrogens (tertiary/aromatic N) is 1. The quantitative estimate of drug-likeness (QED) is 0.190. The summed E-state index contributed by atoms with van der Waals surface area (Å²) in [6, 6.07) is 20.1. The number of anilines is 2. The summed E-state index contributed by atoms with van der Waals surface area (Å²) in [5, 5.41) is 7.56. The molecule has 1 fully saturated rings. The molecule has 10 heteroatoms. The summed E-state index contributed by atoms with van der Waals surface area (Å²) in [5.74, 6) is -1.42. The van der Waals surface area contributed by atoms with Gasteiger partial charge in [-0.3, -0.25) is 19.3 Å². The SMILES string of the molecule is Cc1c(NC(=O)c2ccc(F)cc2)cccc1-c1ccc(C(N)=O)c2[nH]c3cc(NC(=O)CCN4CCOCC4)ccc3c12. The normalized spacial score (nSPS) is 13.7. The molecule has 1 aliphatic heterocycles. The number of aromatic amines is 1. The fraction of sp³-hybridized carbons (Fsp3) is 0.206. The maximum absolute atomic E-state index is 13.4. The van der Waals surface area contributed by atoms with Crippen LogP contribution in [0.5, 0.6) is 0 Å². The highest BCUT2D eigenvalue weighted by Crippen LogP contribution is 2.39. The van der Waals surface area contributed by atoms with Crippen LogP contribution < -0.4 is 16.4 Å². The number of ether oxygens (including phenoxy) is 1. The van der Waals surface area contributed by atoms with Crippen molar-refractivity contribution in [2.75, 3.05) is 43.5 Å². The van der Waals surface area contributed by atoms with Gasteiger partial charge in [0.05, 0.1) is 24.3 Å². The van der Waals surface area contributed by atoms with Gasteiger partial charge in [-0.2, -0.15) is 0 Å². The third-order valence-electron chi connectivity index (χ3n) is 8.04. The summed E-state index contributed by atoms with van der Waals surface area (Å²) < 4.78 is 18.7. The van der Waals surface area contributed by atoms with Gasteiger partial charge in [-0.05, 0) is 72.1 Å². The van der Waals surface area contributed by atoms with Crippen LogP contribution in [0.4, 0.5) is 15.8 Å². The summed E-state index contributed by atoms with van der Waals surface area (Å²) in [6.45, 7) is 5.58. The number of amides is 3. The Morgan fingerprint density at radius 1 is 0.955 bits per heavy atom. The fourth-order valence-electron chi connectivity index (χ4n) is 5.69. The smallest absolute Gasteiger partial charge is 0.255 e. The van der Waals surface area contributed by atoms with Crippen LogP contribution in [0.2, 0.25) is 0 Å². The largest absolute Gasteiger partial charge is 0.379 e. The Hall–Kier alpha value is -5.06. The summed E-state index contributed by atoms with van der Waals surface area (Å²) >= 11 is 0. The Labute approximate surface area is 253 Å². The molecule has 1 aliphatic rings. The lowest BCUT2D eigenvalue weighted by Crippen LogP contribution is -2.38. The van der Waals surface area contributed by atoms with E-state index >= 15 is 0 Å². The second-order valence-corrected chi connectivity index (χ2v) is 10.9. The molecule has 2 heterocycles. The van der Waals surface area contributed by atoms with Crippen molar-refractivity contribution >= 4 is 50.9 Å². The first-order valence-electron chi connectivity index (χ1n) is 14.4. The Morgan fingerprint density at radius 3 is 2.48 bits per heavy atom. The highest BCUT2D eigenvalue weighted by molar-refractivity contribution is 6.20. The van der Waals surface area contributed by atoms with Crippen LogP contribution in [0.25, 0.3) is 32.9 Å². The van der Waals surface area contributed by atoms with E-state index in [2.05, 4.69) is 20.5 Å². The lowest BCUT2D eigenvalue weighted by Gasteiger charge is -2.26. The number of nitrogens with two attached hydrogens (primary N) is 1. The lowest BCUT2D eigenvalue weighted by atomic mass is 9.93. The van der Waals surface area contributed by atoms with Crippen molar-refractivity contribution in [3.8, 4) is 11.1 Å². The van der Waals surface area contributed by atoms with Gasteiger partial charge >= 0.3 is 0 Å². The summed E-state index contributed by atoms with van der Waals surface area (Å²) in [5.41, 5.74) is 11.5. The van der Waals surface area contributed by atoms with Crippen LogP contribution in [0, 0.1) is 12.7 Å². The molecule has 1 saturated heterocycles. The molecule has 224 valence electrons. The molecule has 44 heavy (non-hydrogen) atoms. The number of benzene rings is 4. The average molecular weight is 594 g/mol. The van der Waals surface area contributed by atoms with E-state index in [9.17, 15) is 18.8 Å². The maximum atomic E-state index is 13.4. The van der Waals surface area contributed by atoms with E-state index < -0.39 is 11.7 Å². The predicted molar refractivity (Wildman–Crippen MR) is 169 cm³/mol. The van der Waals surface area contributed by atoms with Crippen molar-refractivity contribution in [1.82, 2.24) is 9.88 Å². The Kier molecular flexibility index (Phi) is 8.10. The number of aromatic nitrogens is 1. The highest BCUT2D eigenvalue weighted by atomic mass is 19.1. The van der Waals surface area contributed by atoms with E-state index in [0.29, 0.717) is 54.2 Å². The van der Waals surface area contributed by atoms with Crippen LogP contribution in [0.15, 0.2) is 72.8 Å². The van der Waals surface area contributed by atoms with Crippen molar-refractivity contribution in [2.45, 2.75) is 13.3 Å². The molecule has 0 atom stereocenters. The zero-order valence-corrected chi connectivity index (χ0v) is 24.2. The summed E-state index contributed by atoms with van der Waals surface area (Å²) in [6.07, 6.45) is 0.369. The number of rotatable bonds is 8. The monoisotopic (exact) mass is 593 g/mol. The lowest BCUT2D eigenvalue weighted by molar-refractivity contribution is -0.116. The number of morpholine rings is 1. The van der Waals surface area contributed by atoms with Gasteiger partial charge in [-0.15, -0.1) is 0 Å². The number of nitrogens with one attached hydrogen (secondary N) is 3. The van der Waals surface area contributed by atoms with Crippen LogP contribution in [-0.4, -0.2) is 60.5 Å². The number of carbonyl (C=O) groups is 3. The second-order valence-electron chi connectivity index (χ2n) is 10.9. The van der Waals surface area contributed by atoms with E-state index in [1.54, 1.807) is 12.1 Å². The molecule has 0 unspecified atom stereocenters. The molecule has 5 aromatic rings. The van der Waals surface area contributed by atoms with Crippen LogP contribution in [-0.2, 0) is 9.53 Å². The van der Waals surface area contributed by atoms with Crippen LogP contribution in [0.3, 0.4) is 0 Å². The Bertz CT molecular complexity index is 1890. The summed E-state index contributed by atoms with van der Waals surface area (Å²) in [4.78, 5) is 43.6. The van der Waals surface area contributed by atoms with Gasteiger partial charge in [-0.25, -0.2) is 4.39 Å². The number of fused-ring (bicyclic) bond motifs is 3. The molecule has 0 aliphatic carbocycles. The highest BCUT2D eigenvalue weighted by Gasteiger charge is 2.20. The number of H-pyrrole nitrogens is 1. The molecular formula is C34H32FN5O4. The minimum Gasteiger partial charge on any atom is -0.379 e. The molecule has 3 amide bonds. The first kappa shape index (κ1) is 29.0. The van der Waals surface area contributed by atoms with Gasteiger partial charge in [-0.1, -0.05) is 24.3 Å². The molecule has 6 rings (SSSR count). The molecule has 0 radical (unpaired) electrons. The van der Waals surface area contributed by atoms with E-state index in [1.165, 1.54) is 24.3 Å². The predicted octanol–water partition coefficient (Wildman–Crippen LogP) is 5.45. The molecule has 0 saturated carbocycles. The number of hydrogen-bond donors (Lipinski definition) is 4. The van der Waals surface area contributed by atoms with Gasteiger partial charge in [0.1, 0.15) is 5.82 Å². The van der Waals surface area contributed by atoms with Gasteiger partial charge < -0.3 is 26.1 Å². The Balaban J connectivity index is 1.33. The van der Waals surface area contributed by atoms with Crippen molar-refractivity contribution in [2.24, 2.45) is 5.73 Å². The van der Waals surface area contributed by atoms with Gasteiger partial charge in [0.15, 0.2) is 0 Å². The van der Waals surface area contributed by atoms with Crippen molar-refractivity contribution in [3.63, 3.8) is 0 Å². The molecule has 0 spiro atoms. The molecule has 9 nitrogen and oxygen atoms in total. The van der Waals surface area contributed by atoms with Crippen molar-refractivity contribution in [3.05, 3.63) is 95.3 Å². The van der Waals surface area contributed by atoms with E-state index in [0.717, 1.165) is 46.1 Å². The van der Waals surface area contributed by atoms with Gasteiger partial charge in [0.25, 0.3) is 11.8 Å². The number of primary amides is 1. The fourth-order valence-corrected chi connectivity index (χ4v) is 5.69. The number of carbonyl (C=O) groups excluding carboxylic acids is 3. The molecule has 5 N–H and O–H groups in total. The van der Waals surface area contributed by atoms with Crippen molar-refractivity contribution < 1.29 is 23.5 Å². The summed E-state index contributed by atoms with van der Waals surface area (Å²) in [7, 11) is 0. The van der Waals surface area contributed by atoms with Crippen LogP contribution >= 0.6 is 0 Å². The second kappa shape index (κ2) is 12.3. The average Bonchev–Trinajstić information content (AvgIpc) is 3.40. The minimum absolute atomic E-state index is 0.0828. The molecule has 1 aromatic heterocycles. The third kappa shape index (κ3) is 5.90. The first-order chi connectivity index (χ1) is 21.3. The zero-order valence-electron chi connectivity index (χ0n) is 24.2. The molecule has 0 bridgehead atoms. The topological polar surface area (TPSA) is 130 Å². The van der Waals surface area contributed by atoms with E-state index in [1.807, 2.05) is 43.3 Å². The number of halogens is 1. The standard InChI is InChI=1S/C34H32FN5O4/c1-20-24(3-2-4-28(20)39-34(43)21-5-7-22(35)8-6-21)25-11-12-27(33(36)42)32-31(25)26-10-9-23(19-29(26)38-32)37-30(41)13-14-40-15-17-44-18-16-40/h2-12,19,38H,13-18H2,1H3,(H2,36,42)(H,37,41)(H,39,43). The number of hydrogen-bond acceptors (Lipinski definition) is 5. The van der Waals surface area contributed by atoms with Crippen molar-refractivity contribution in [1.29, 1.82) is 0 Å². The third-order valence-corrected chi connectivity index (χ3v) is 8.04. The Morgan fingerprint density at radius 2 is 1.73 bits per heavy atom. The first-order valence-corrected chi connectivity index (χ1v) is 14.4. The molecule has 4 aromatic carbocycles. The zero-order chi connectivity index (χ0) is 30.8. The maximum Gasteiger partial charge on any atom is 0.255 e. The van der Waals surface area contributed by atoms with Crippen LogP contribution in [0.1, 0.15) is 32.7 Å². The van der Waals surface area contributed by atoms with E-state index in [-0.39, 0.29) is 11.8 Å². The van der Waals surface area contributed by atoms with E-state index in [4.69, 9.17) is 10.5 Å². The minimum atomic E-state index is -0.568. The van der Waals surface area contributed by atoms with Gasteiger partial charge in [0.2, 0.25) is 5.91 Å².